The third kappa shape index (κ3) is 5.99. The number of ketones is 1. The molecule has 37 heavy (non-hydrogen) atoms. The Kier molecular flexibility index (Phi) is 8.05. The average Bonchev–Trinajstić information content (AvgIpc) is 3.14. The molecule has 0 saturated heterocycles. The van der Waals surface area contributed by atoms with E-state index in [0.29, 0.717) is 16.9 Å². The first-order valence-corrected chi connectivity index (χ1v) is 11.6. The number of hydrogen-bond acceptors (Lipinski definition) is 7. The second-order valence-electron chi connectivity index (χ2n) is 9.41. The van der Waals surface area contributed by atoms with Crippen LogP contribution in [0.25, 0.3) is 0 Å². The Labute approximate surface area is 213 Å². The van der Waals surface area contributed by atoms with Crippen molar-refractivity contribution in [3.05, 3.63) is 52.3 Å². The molecule has 0 aliphatic carbocycles. The number of amidine groups is 1. The summed E-state index contributed by atoms with van der Waals surface area (Å²) in [7, 11) is 1.17. The molecule has 0 atom stereocenters. The van der Waals surface area contributed by atoms with Gasteiger partial charge < -0.3 is 24.2 Å². The minimum absolute atomic E-state index is 0.0228. The maximum absolute atomic E-state index is 15.4. The van der Waals surface area contributed by atoms with Crippen molar-refractivity contribution in [2.45, 2.75) is 39.7 Å². The predicted octanol–water partition coefficient (Wildman–Crippen LogP) is 4.19. The monoisotopic (exact) mass is 515 g/mol. The first-order valence-electron chi connectivity index (χ1n) is 11.6. The Bertz CT molecular complexity index is 1250. The van der Waals surface area contributed by atoms with Gasteiger partial charge in [0.15, 0.2) is 24.0 Å². The molecule has 1 aliphatic rings. The maximum Gasteiger partial charge on any atom is 0.411 e. The molecule has 0 fully saturated rings. The van der Waals surface area contributed by atoms with Crippen LogP contribution in [0.15, 0.2) is 24.3 Å². The van der Waals surface area contributed by atoms with Crippen LogP contribution in [0.3, 0.4) is 0 Å². The van der Waals surface area contributed by atoms with E-state index in [1.807, 2.05) is 20.8 Å². The molecule has 2 aromatic rings. The van der Waals surface area contributed by atoms with E-state index in [1.165, 1.54) is 24.1 Å². The van der Waals surface area contributed by atoms with Crippen LogP contribution < -0.4 is 14.8 Å². The number of carboxylic acids is 1. The van der Waals surface area contributed by atoms with Gasteiger partial charge in [-0.3, -0.25) is 15.5 Å². The van der Waals surface area contributed by atoms with Crippen molar-refractivity contribution in [1.82, 2.24) is 4.90 Å². The van der Waals surface area contributed by atoms with Crippen molar-refractivity contribution in [3.8, 4) is 11.5 Å². The van der Waals surface area contributed by atoms with E-state index in [9.17, 15) is 14.4 Å². The largest absolute Gasteiger partial charge is 0.489 e. The van der Waals surface area contributed by atoms with Gasteiger partial charge in [0.25, 0.3) is 0 Å². The Morgan fingerprint density at radius 2 is 1.89 bits per heavy atom. The van der Waals surface area contributed by atoms with E-state index < -0.39 is 29.9 Å². The van der Waals surface area contributed by atoms with Gasteiger partial charge in [-0.05, 0) is 36.6 Å². The predicted molar refractivity (Wildman–Crippen MR) is 133 cm³/mol. The molecule has 1 aliphatic heterocycles. The van der Waals surface area contributed by atoms with Crippen LogP contribution in [0.1, 0.15) is 54.7 Å². The molecular formula is C26H30FN3O7. The Morgan fingerprint density at radius 1 is 1.19 bits per heavy atom. The summed E-state index contributed by atoms with van der Waals surface area (Å²) in [5.41, 5.74) is 1.00. The fourth-order valence-electron chi connectivity index (χ4n) is 3.97. The zero-order valence-corrected chi connectivity index (χ0v) is 21.4. The van der Waals surface area contributed by atoms with Gasteiger partial charge in [0.1, 0.15) is 11.6 Å². The SMILES string of the molecule is CCOc1c(NC(=O)OC)cc2c(c1F)CN(CC(=O)c1ccc(OCC(=O)O)c(C(C)(C)C)c1)C2=N. The number of fused-ring (bicyclic) bond motifs is 1. The van der Waals surface area contributed by atoms with E-state index in [4.69, 9.17) is 20.0 Å². The first-order chi connectivity index (χ1) is 17.4. The van der Waals surface area contributed by atoms with Crippen LogP contribution >= 0.6 is 0 Å². The molecule has 3 rings (SSSR count). The topological polar surface area (TPSA) is 138 Å². The highest BCUT2D eigenvalue weighted by Gasteiger charge is 2.33. The lowest BCUT2D eigenvalue weighted by Crippen LogP contribution is -2.30. The van der Waals surface area contributed by atoms with Crippen LogP contribution in [-0.2, 0) is 21.5 Å². The fourth-order valence-corrected chi connectivity index (χ4v) is 3.97. The minimum Gasteiger partial charge on any atom is -0.489 e. The summed E-state index contributed by atoms with van der Waals surface area (Å²) >= 11 is 0. The summed E-state index contributed by atoms with van der Waals surface area (Å²) in [6.07, 6.45) is -0.817. The van der Waals surface area contributed by atoms with Crippen LogP contribution in [0.2, 0.25) is 0 Å². The van der Waals surface area contributed by atoms with Crippen molar-refractivity contribution in [2.75, 3.05) is 32.2 Å². The number of aliphatic carboxylic acids is 1. The van der Waals surface area contributed by atoms with Gasteiger partial charge in [0, 0.05) is 28.8 Å². The number of halogens is 1. The normalized spacial score (nSPS) is 12.7. The lowest BCUT2D eigenvalue weighted by atomic mass is 9.85. The highest BCUT2D eigenvalue weighted by Crippen LogP contribution is 2.38. The zero-order chi connectivity index (χ0) is 27.5. The number of carboxylic acid groups (broad SMARTS) is 1. The molecule has 0 unspecified atom stereocenters. The summed E-state index contributed by atoms with van der Waals surface area (Å²) in [5, 5.41) is 19.9. The average molecular weight is 516 g/mol. The van der Waals surface area contributed by atoms with E-state index in [1.54, 1.807) is 19.1 Å². The van der Waals surface area contributed by atoms with Crippen molar-refractivity contribution in [3.63, 3.8) is 0 Å². The molecule has 0 spiro atoms. The lowest BCUT2D eigenvalue weighted by molar-refractivity contribution is -0.139. The minimum atomic E-state index is -1.11. The third-order valence-electron chi connectivity index (χ3n) is 5.75. The van der Waals surface area contributed by atoms with Gasteiger partial charge in [-0.25, -0.2) is 14.0 Å². The van der Waals surface area contributed by atoms with Crippen LogP contribution in [0, 0.1) is 11.2 Å². The molecule has 0 saturated carbocycles. The number of methoxy groups -OCH3 is 1. The van der Waals surface area contributed by atoms with Crippen LogP contribution in [0.4, 0.5) is 14.9 Å². The van der Waals surface area contributed by atoms with Crippen LogP contribution in [-0.4, -0.2) is 60.6 Å². The Balaban J connectivity index is 1.88. The van der Waals surface area contributed by atoms with Crippen molar-refractivity contribution < 1.29 is 38.1 Å². The molecular weight excluding hydrogens is 485 g/mol. The molecule has 1 amide bonds. The molecule has 198 valence electrons. The highest BCUT2D eigenvalue weighted by atomic mass is 19.1. The number of carbonyl (C=O) groups is 3. The van der Waals surface area contributed by atoms with Gasteiger partial charge in [-0.2, -0.15) is 0 Å². The van der Waals surface area contributed by atoms with E-state index in [2.05, 4.69) is 10.1 Å². The number of carbonyl (C=O) groups excluding carboxylic acids is 2. The standard InChI is InChI=1S/C26H30FN3O7/c1-6-36-23-18(29-25(34)35-5)10-15-16(22(23)27)11-30(24(15)28)12-19(31)14-7-8-20(37-13-21(32)33)17(9-14)26(2,3)4/h7-10,28H,6,11-13H2,1-5H3,(H,29,34)(H,32,33). The van der Waals surface area contributed by atoms with E-state index in [0.717, 1.165) is 0 Å². The quantitative estimate of drug-likeness (QED) is 0.423. The Hall–Kier alpha value is -4.15. The summed E-state index contributed by atoms with van der Waals surface area (Å²) in [5.74, 6) is -2.03. The molecule has 0 bridgehead atoms. The van der Waals surface area contributed by atoms with Gasteiger partial charge in [0.2, 0.25) is 0 Å². The number of benzene rings is 2. The van der Waals surface area contributed by atoms with Gasteiger partial charge >= 0.3 is 12.1 Å². The second-order valence-corrected chi connectivity index (χ2v) is 9.41. The first kappa shape index (κ1) is 27.4. The summed E-state index contributed by atoms with van der Waals surface area (Å²) in [6.45, 7) is 6.81. The number of amides is 1. The number of anilines is 1. The van der Waals surface area contributed by atoms with E-state index >= 15 is 4.39 Å². The van der Waals surface area contributed by atoms with Crippen LogP contribution in [0.5, 0.6) is 11.5 Å². The van der Waals surface area contributed by atoms with Gasteiger partial charge in [-0.1, -0.05) is 20.8 Å². The molecule has 0 radical (unpaired) electrons. The Morgan fingerprint density at radius 3 is 2.49 bits per heavy atom. The van der Waals surface area contributed by atoms with E-state index in [-0.39, 0.29) is 53.9 Å². The number of nitrogens with zero attached hydrogens (tertiary/aromatic N) is 1. The van der Waals surface area contributed by atoms with Crippen molar-refractivity contribution in [2.24, 2.45) is 0 Å². The van der Waals surface area contributed by atoms with Gasteiger partial charge in [-0.15, -0.1) is 0 Å². The second kappa shape index (κ2) is 10.9. The number of ether oxygens (including phenoxy) is 3. The lowest BCUT2D eigenvalue weighted by Gasteiger charge is -2.24. The number of rotatable bonds is 9. The molecule has 10 nitrogen and oxygen atoms in total. The molecule has 1 heterocycles. The summed E-state index contributed by atoms with van der Waals surface area (Å²) < 4.78 is 30.7. The summed E-state index contributed by atoms with van der Waals surface area (Å²) in [6, 6.07) is 6.17. The highest BCUT2D eigenvalue weighted by molar-refractivity contribution is 6.06. The maximum atomic E-state index is 15.4. The fraction of sp³-hybridized carbons (Fsp3) is 0.385. The number of hydrogen-bond donors (Lipinski definition) is 3. The number of nitrogens with one attached hydrogen (secondary N) is 2. The summed E-state index contributed by atoms with van der Waals surface area (Å²) in [4.78, 5) is 37.3. The third-order valence-corrected chi connectivity index (χ3v) is 5.75. The number of Topliss-reactive ketones (excluding diaryl/α,β-unsaturated/α-hetero) is 1. The smallest absolute Gasteiger partial charge is 0.411 e. The molecule has 2 aromatic carbocycles. The molecule has 11 heteroatoms. The zero-order valence-electron chi connectivity index (χ0n) is 21.4. The molecule has 3 N–H and O–H groups in total. The molecule has 0 aromatic heterocycles. The van der Waals surface area contributed by atoms with Gasteiger partial charge in [0.05, 0.1) is 25.9 Å². The van der Waals surface area contributed by atoms with Crippen molar-refractivity contribution in [1.29, 1.82) is 5.41 Å². The van der Waals surface area contributed by atoms with Crippen molar-refractivity contribution >= 4 is 29.4 Å².